The molecular weight excluding hydrogens is 352 g/mol. The van der Waals surface area contributed by atoms with E-state index in [1.807, 2.05) is 80.5 Å². The molecule has 0 unspecified atom stereocenters. The zero-order chi connectivity index (χ0) is 19.9. The second kappa shape index (κ2) is 8.90. The van der Waals surface area contributed by atoms with Crippen molar-refractivity contribution >= 4 is 28.7 Å². The predicted molar refractivity (Wildman–Crippen MR) is 114 cm³/mol. The fourth-order valence-corrected chi connectivity index (χ4v) is 2.64. The number of nitrogens with one attached hydrogen (secondary N) is 2. The van der Waals surface area contributed by atoms with Crippen LogP contribution >= 0.6 is 0 Å². The average molecular weight is 376 g/mol. The zero-order valence-electron chi connectivity index (χ0n) is 16.3. The molecule has 28 heavy (non-hydrogen) atoms. The van der Waals surface area contributed by atoms with Crippen LogP contribution in [0.2, 0.25) is 0 Å². The van der Waals surface area contributed by atoms with E-state index in [1.54, 1.807) is 12.3 Å². The molecule has 0 bridgehead atoms. The largest absolute Gasteiger partial charge is 0.494 e. The molecule has 0 atom stereocenters. The molecule has 3 aromatic rings. The molecule has 3 rings (SSSR count). The van der Waals surface area contributed by atoms with E-state index in [-0.39, 0.29) is 5.91 Å². The Bertz CT molecular complexity index is 922. The van der Waals surface area contributed by atoms with Gasteiger partial charge in [-0.05, 0) is 67.6 Å². The Hall–Kier alpha value is -3.54. The number of pyridine rings is 1. The predicted octanol–water partition coefficient (Wildman–Crippen LogP) is 4.54. The maximum Gasteiger partial charge on any atom is 0.274 e. The third-order valence-electron chi connectivity index (χ3n) is 4.09. The van der Waals surface area contributed by atoms with Crippen LogP contribution in [-0.2, 0) is 0 Å². The van der Waals surface area contributed by atoms with E-state index in [2.05, 4.69) is 15.6 Å². The van der Waals surface area contributed by atoms with Gasteiger partial charge in [-0.25, -0.2) is 0 Å². The molecule has 1 aromatic heterocycles. The van der Waals surface area contributed by atoms with Crippen molar-refractivity contribution in [3.05, 3.63) is 72.6 Å². The molecule has 0 spiro atoms. The quantitative estimate of drug-likeness (QED) is 0.634. The topological polar surface area (TPSA) is 66.5 Å². The SMILES string of the molecule is CCOc1ccc(Nc2ccnc(C(=O)Nc3ccc(N(C)C)cc3)c2)cc1. The van der Waals surface area contributed by atoms with Crippen LogP contribution in [0.5, 0.6) is 5.75 Å². The van der Waals surface area contributed by atoms with Crippen LogP contribution in [-0.4, -0.2) is 31.6 Å². The van der Waals surface area contributed by atoms with Crippen molar-refractivity contribution in [1.82, 2.24) is 4.98 Å². The standard InChI is InChI=1S/C22H24N4O2/c1-4-28-20-11-7-16(8-12-20)24-18-13-14-23-21(15-18)22(27)25-17-5-9-19(10-6-17)26(2)3/h5-15H,4H2,1-3H3,(H,23,24)(H,25,27). The highest BCUT2D eigenvalue weighted by atomic mass is 16.5. The number of ether oxygens (including phenoxy) is 1. The number of aromatic nitrogens is 1. The molecule has 0 aliphatic carbocycles. The number of carbonyl (C=O) groups is 1. The minimum Gasteiger partial charge on any atom is -0.494 e. The first-order chi connectivity index (χ1) is 13.5. The Kier molecular flexibility index (Phi) is 6.11. The van der Waals surface area contributed by atoms with E-state index >= 15 is 0 Å². The van der Waals surface area contributed by atoms with Crippen molar-refractivity contribution in [2.45, 2.75) is 6.92 Å². The van der Waals surface area contributed by atoms with E-state index in [9.17, 15) is 4.79 Å². The van der Waals surface area contributed by atoms with Crippen LogP contribution in [0.1, 0.15) is 17.4 Å². The number of carbonyl (C=O) groups excluding carboxylic acids is 1. The number of rotatable bonds is 7. The van der Waals surface area contributed by atoms with E-state index in [4.69, 9.17) is 4.74 Å². The van der Waals surface area contributed by atoms with Crippen LogP contribution in [0.4, 0.5) is 22.7 Å². The fourth-order valence-electron chi connectivity index (χ4n) is 2.64. The average Bonchev–Trinajstić information content (AvgIpc) is 2.70. The van der Waals surface area contributed by atoms with Gasteiger partial charge in [0, 0.05) is 43.0 Å². The lowest BCUT2D eigenvalue weighted by Crippen LogP contribution is -2.14. The summed E-state index contributed by atoms with van der Waals surface area (Å²) in [4.78, 5) is 18.7. The van der Waals surface area contributed by atoms with Gasteiger partial charge in [0.1, 0.15) is 11.4 Å². The molecule has 0 saturated heterocycles. The van der Waals surface area contributed by atoms with Crippen LogP contribution < -0.4 is 20.3 Å². The van der Waals surface area contributed by atoms with Crippen molar-refractivity contribution < 1.29 is 9.53 Å². The Labute approximate surface area is 165 Å². The van der Waals surface area contributed by atoms with Crippen LogP contribution in [0.15, 0.2) is 66.9 Å². The first kappa shape index (κ1) is 19.2. The smallest absolute Gasteiger partial charge is 0.274 e. The van der Waals surface area contributed by atoms with Crippen LogP contribution in [0, 0.1) is 0 Å². The van der Waals surface area contributed by atoms with Gasteiger partial charge < -0.3 is 20.3 Å². The number of anilines is 4. The number of hydrogen-bond acceptors (Lipinski definition) is 5. The van der Waals surface area contributed by atoms with Crippen LogP contribution in [0.3, 0.4) is 0 Å². The van der Waals surface area contributed by atoms with E-state index in [0.29, 0.717) is 12.3 Å². The van der Waals surface area contributed by atoms with Crippen molar-refractivity contribution in [3.8, 4) is 5.75 Å². The fraction of sp³-hybridized carbons (Fsp3) is 0.182. The summed E-state index contributed by atoms with van der Waals surface area (Å²) in [6, 6.07) is 18.8. The molecule has 0 saturated carbocycles. The Morgan fingerprint density at radius 1 is 0.964 bits per heavy atom. The van der Waals surface area contributed by atoms with Gasteiger partial charge in [-0.1, -0.05) is 0 Å². The molecule has 0 aliphatic rings. The second-order valence-corrected chi connectivity index (χ2v) is 6.41. The molecule has 2 aromatic carbocycles. The first-order valence-corrected chi connectivity index (χ1v) is 9.10. The second-order valence-electron chi connectivity index (χ2n) is 6.41. The highest BCUT2D eigenvalue weighted by Crippen LogP contribution is 2.21. The lowest BCUT2D eigenvalue weighted by molar-refractivity contribution is 0.102. The normalized spacial score (nSPS) is 10.2. The number of hydrogen-bond donors (Lipinski definition) is 2. The molecule has 6 heteroatoms. The number of benzene rings is 2. The summed E-state index contributed by atoms with van der Waals surface area (Å²) in [6.45, 7) is 2.58. The molecular formula is C22H24N4O2. The van der Waals surface area contributed by atoms with Gasteiger partial charge in [0.2, 0.25) is 0 Å². The summed E-state index contributed by atoms with van der Waals surface area (Å²) < 4.78 is 5.45. The molecule has 1 heterocycles. The van der Waals surface area contributed by atoms with Crippen molar-refractivity contribution in [3.63, 3.8) is 0 Å². The van der Waals surface area contributed by atoms with Crippen molar-refractivity contribution in [2.24, 2.45) is 0 Å². The van der Waals surface area contributed by atoms with Crippen LogP contribution in [0.25, 0.3) is 0 Å². The first-order valence-electron chi connectivity index (χ1n) is 9.10. The molecule has 0 aliphatic heterocycles. The summed E-state index contributed by atoms with van der Waals surface area (Å²) in [7, 11) is 3.95. The van der Waals surface area contributed by atoms with E-state index in [0.717, 1.165) is 28.5 Å². The van der Waals surface area contributed by atoms with Gasteiger partial charge in [0.05, 0.1) is 6.61 Å². The molecule has 144 valence electrons. The maximum atomic E-state index is 12.5. The number of amides is 1. The third kappa shape index (κ3) is 5.01. The Balaban J connectivity index is 1.67. The third-order valence-corrected chi connectivity index (χ3v) is 4.09. The highest BCUT2D eigenvalue weighted by molar-refractivity contribution is 6.03. The Morgan fingerprint density at radius 2 is 1.64 bits per heavy atom. The molecule has 2 N–H and O–H groups in total. The molecule has 1 amide bonds. The summed E-state index contributed by atoms with van der Waals surface area (Å²) in [6.07, 6.45) is 1.61. The summed E-state index contributed by atoms with van der Waals surface area (Å²) >= 11 is 0. The van der Waals surface area contributed by atoms with Gasteiger partial charge in [-0.3, -0.25) is 9.78 Å². The lowest BCUT2D eigenvalue weighted by atomic mass is 10.2. The lowest BCUT2D eigenvalue weighted by Gasteiger charge is -2.13. The molecule has 6 nitrogen and oxygen atoms in total. The minimum absolute atomic E-state index is 0.257. The summed E-state index contributed by atoms with van der Waals surface area (Å²) in [5.41, 5.74) is 3.82. The maximum absolute atomic E-state index is 12.5. The zero-order valence-corrected chi connectivity index (χ0v) is 16.3. The van der Waals surface area contributed by atoms with E-state index < -0.39 is 0 Å². The molecule has 0 radical (unpaired) electrons. The van der Waals surface area contributed by atoms with Crippen molar-refractivity contribution in [2.75, 3.05) is 36.2 Å². The number of nitrogens with zero attached hydrogens (tertiary/aromatic N) is 2. The van der Waals surface area contributed by atoms with Gasteiger partial charge in [-0.2, -0.15) is 0 Å². The minimum atomic E-state index is -0.257. The van der Waals surface area contributed by atoms with E-state index in [1.165, 1.54) is 0 Å². The van der Waals surface area contributed by atoms with Crippen molar-refractivity contribution in [1.29, 1.82) is 0 Å². The van der Waals surface area contributed by atoms with Gasteiger partial charge in [0.25, 0.3) is 5.91 Å². The molecule has 0 fully saturated rings. The van der Waals surface area contributed by atoms with Gasteiger partial charge in [0.15, 0.2) is 0 Å². The van der Waals surface area contributed by atoms with Gasteiger partial charge >= 0.3 is 0 Å². The van der Waals surface area contributed by atoms with Gasteiger partial charge in [-0.15, -0.1) is 0 Å². The monoisotopic (exact) mass is 376 g/mol. The highest BCUT2D eigenvalue weighted by Gasteiger charge is 2.09. The summed E-state index contributed by atoms with van der Waals surface area (Å²) in [5.74, 6) is 0.566. The summed E-state index contributed by atoms with van der Waals surface area (Å²) in [5, 5.41) is 6.14. The Morgan fingerprint density at radius 3 is 2.29 bits per heavy atom.